The first kappa shape index (κ1) is 28.0. The molecule has 8 heteroatoms. The third kappa shape index (κ3) is 12.5. The Morgan fingerprint density at radius 2 is 1.87 bits per heavy atom. The molecule has 0 radical (unpaired) electrons. The number of aliphatic carboxylic acids is 1. The van der Waals surface area contributed by atoms with E-state index in [4.69, 9.17) is 9.88 Å². The van der Waals surface area contributed by atoms with Gasteiger partial charge in [0.1, 0.15) is 17.3 Å². The molecule has 0 unspecified atom stereocenters. The molecule has 30 heavy (non-hydrogen) atoms. The zero-order valence-electron chi connectivity index (χ0n) is 18.7. The molecule has 0 amide bonds. The van der Waals surface area contributed by atoms with Crippen molar-refractivity contribution in [3.8, 4) is 5.75 Å². The van der Waals surface area contributed by atoms with Gasteiger partial charge in [-0.15, -0.1) is 0 Å². The Kier molecular flexibility index (Phi) is 15.6. The molecular formula is C22H36FN3O3S. The highest BCUT2D eigenvalue weighted by Crippen LogP contribution is 2.19. The first-order chi connectivity index (χ1) is 14.3. The van der Waals surface area contributed by atoms with Gasteiger partial charge >= 0.3 is 5.97 Å². The van der Waals surface area contributed by atoms with Crippen molar-refractivity contribution >= 4 is 17.9 Å². The van der Waals surface area contributed by atoms with E-state index < -0.39 is 5.97 Å². The Morgan fingerprint density at radius 3 is 2.30 bits per heavy atom. The van der Waals surface area contributed by atoms with Crippen LogP contribution < -0.4 is 15.2 Å². The molecule has 0 bridgehead atoms. The monoisotopic (exact) mass is 441 g/mol. The smallest absolute Gasteiger partial charge is 0.331 e. The Morgan fingerprint density at radius 1 is 1.27 bits per heavy atom. The van der Waals surface area contributed by atoms with Crippen LogP contribution in [0, 0.1) is 5.82 Å². The fraction of sp³-hybridized carbons (Fsp3) is 0.500. The highest BCUT2D eigenvalue weighted by molar-refractivity contribution is 7.97. The number of unbranched alkanes of at least 4 members (excludes halogenated alkanes) is 1. The van der Waals surface area contributed by atoms with E-state index in [1.54, 1.807) is 13.0 Å². The molecule has 4 N–H and O–H groups in total. The van der Waals surface area contributed by atoms with Gasteiger partial charge in [0.2, 0.25) is 0 Å². The molecule has 0 saturated heterocycles. The number of carboxylic acid groups (broad SMARTS) is 1. The molecule has 0 aliphatic heterocycles. The summed E-state index contributed by atoms with van der Waals surface area (Å²) in [5.74, 6) is -0.0199. The Labute approximate surface area is 184 Å². The number of benzene rings is 1. The molecule has 0 heterocycles. The second-order valence-electron chi connectivity index (χ2n) is 6.71. The summed E-state index contributed by atoms with van der Waals surface area (Å²) in [6.07, 6.45) is 3.90. The van der Waals surface area contributed by atoms with E-state index in [1.807, 2.05) is 0 Å². The number of halogens is 1. The number of rotatable bonds is 12. The number of ether oxygens (including phenoxy) is 1. The molecule has 0 aliphatic carbocycles. The maximum atomic E-state index is 13.1. The number of nitrogens with one attached hydrogen (secondary N) is 1. The van der Waals surface area contributed by atoms with Gasteiger partial charge in [0, 0.05) is 12.1 Å². The van der Waals surface area contributed by atoms with Crippen LogP contribution in [0.5, 0.6) is 5.75 Å². The maximum absolute atomic E-state index is 13.1. The summed E-state index contributed by atoms with van der Waals surface area (Å²) in [4.78, 5) is 13.5. The van der Waals surface area contributed by atoms with Crippen LogP contribution in [0.15, 0.2) is 47.4 Å². The first-order valence-corrected chi connectivity index (χ1v) is 11.1. The fourth-order valence-corrected chi connectivity index (χ4v) is 2.37. The van der Waals surface area contributed by atoms with Crippen molar-refractivity contribution in [1.82, 2.24) is 10.2 Å². The highest BCUT2D eigenvalue weighted by atomic mass is 32.2. The number of carboxylic acids is 1. The van der Waals surface area contributed by atoms with Crippen LogP contribution in [0.2, 0.25) is 0 Å². The Bertz CT molecular complexity index is 677. The number of carbonyl (C=O) groups is 1. The third-order valence-corrected chi connectivity index (χ3v) is 4.45. The van der Waals surface area contributed by atoms with Gasteiger partial charge in [-0.05, 0) is 63.8 Å². The van der Waals surface area contributed by atoms with Crippen molar-refractivity contribution in [3.05, 3.63) is 53.2 Å². The van der Waals surface area contributed by atoms with Crippen LogP contribution in [-0.4, -0.2) is 48.9 Å². The van der Waals surface area contributed by atoms with Gasteiger partial charge in [0.25, 0.3) is 0 Å². The van der Waals surface area contributed by atoms with E-state index in [0.29, 0.717) is 35.9 Å². The lowest BCUT2D eigenvalue weighted by atomic mass is 10.1. The summed E-state index contributed by atoms with van der Waals surface area (Å²) < 4.78 is 18.9. The van der Waals surface area contributed by atoms with Crippen LogP contribution in [0.4, 0.5) is 4.39 Å². The predicted octanol–water partition coefficient (Wildman–Crippen LogP) is 4.40. The third-order valence-electron chi connectivity index (χ3n) is 4.02. The summed E-state index contributed by atoms with van der Waals surface area (Å²) in [6.45, 7) is 7.80. The minimum atomic E-state index is -0.973. The number of allylic oxidation sites excluding steroid dienone is 1. The summed E-state index contributed by atoms with van der Waals surface area (Å²) in [5.41, 5.74) is 0.844. The average molecular weight is 442 g/mol. The van der Waals surface area contributed by atoms with Crippen LogP contribution in [0.1, 0.15) is 40.0 Å². The van der Waals surface area contributed by atoms with Crippen molar-refractivity contribution < 1.29 is 19.0 Å². The Balaban J connectivity index is 0.00000150. The van der Waals surface area contributed by atoms with E-state index in [1.165, 1.54) is 24.3 Å². The van der Waals surface area contributed by atoms with Crippen molar-refractivity contribution in [3.63, 3.8) is 0 Å². The molecule has 0 atom stereocenters. The van der Waals surface area contributed by atoms with Crippen LogP contribution in [0.3, 0.4) is 0 Å². The normalized spacial score (nSPS) is 12.1. The van der Waals surface area contributed by atoms with Crippen molar-refractivity contribution in [1.29, 1.82) is 0 Å². The van der Waals surface area contributed by atoms with Gasteiger partial charge in [-0.1, -0.05) is 39.1 Å². The van der Waals surface area contributed by atoms with E-state index in [2.05, 4.69) is 38.2 Å². The second kappa shape index (κ2) is 16.7. The lowest BCUT2D eigenvalue weighted by Crippen LogP contribution is -2.20. The summed E-state index contributed by atoms with van der Waals surface area (Å²) in [6, 6.07) is 5.64. The van der Waals surface area contributed by atoms with Crippen molar-refractivity contribution in [2.75, 3.05) is 32.9 Å². The standard InChI is InChI=1S/C18H25FN2O3S.C4H11N/c1-3-5-10-21-16(11-13(4-2)18(22)23)17(12-25-20)24-15-8-6-14(19)7-9-15;1-4-5(2)3/h6-9,11,21H,3-5,10,12,20H2,1-2H3,(H,22,23);4H2,1-3H3/b13-11+,17-16-;. The van der Waals surface area contributed by atoms with E-state index in [-0.39, 0.29) is 11.4 Å². The van der Waals surface area contributed by atoms with Crippen molar-refractivity contribution in [2.24, 2.45) is 5.14 Å². The van der Waals surface area contributed by atoms with Gasteiger partial charge in [-0.2, -0.15) is 0 Å². The molecule has 0 saturated carbocycles. The molecule has 0 aromatic heterocycles. The molecule has 6 nitrogen and oxygen atoms in total. The lowest BCUT2D eigenvalue weighted by Gasteiger charge is -2.16. The fourth-order valence-electron chi connectivity index (χ4n) is 2.00. The molecule has 0 spiro atoms. The van der Waals surface area contributed by atoms with Gasteiger partial charge in [0.05, 0.1) is 11.4 Å². The van der Waals surface area contributed by atoms with Crippen molar-refractivity contribution in [2.45, 2.75) is 40.0 Å². The van der Waals surface area contributed by atoms with E-state index in [0.717, 1.165) is 31.3 Å². The molecule has 1 rings (SSSR count). The molecule has 1 aromatic rings. The number of hydrogen-bond acceptors (Lipinski definition) is 6. The average Bonchev–Trinajstić information content (AvgIpc) is 2.72. The zero-order valence-corrected chi connectivity index (χ0v) is 19.5. The largest absolute Gasteiger partial charge is 0.478 e. The predicted molar refractivity (Wildman–Crippen MR) is 124 cm³/mol. The summed E-state index contributed by atoms with van der Waals surface area (Å²) >= 11 is 1.07. The molecule has 170 valence electrons. The number of nitrogens with zero attached hydrogens (tertiary/aromatic N) is 1. The molecule has 0 aliphatic rings. The number of nitrogens with two attached hydrogens (primary N) is 1. The van der Waals surface area contributed by atoms with Crippen LogP contribution in [-0.2, 0) is 4.79 Å². The summed E-state index contributed by atoms with van der Waals surface area (Å²) in [7, 11) is 4.11. The van der Waals surface area contributed by atoms with E-state index in [9.17, 15) is 14.3 Å². The highest BCUT2D eigenvalue weighted by Gasteiger charge is 2.12. The van der Waals surface area contributed by atoms with Gasteiger partial charge < -0.3 is 20.1 Å². The summed E-state index contributed by atoms with van der Waals surface area (Å²) in [5, 5.41) is 18.1. The maximum Gasteiger partial charge on any atom is 0.331 e. The Hall–Kier alpha value is -2.03. The lowest BCUT2D eigenvalue weighted by molar-refractivity contribution is -0.132. The molecular weight excluding hydrogens is 405 g/mol. The topological polar surface area (TPSA) is 87.8 Å². The van der Waals surface area contributed by atoms with Crippen LogP contribution in [0.25, 0.3) is 0 Å². The van der Waals surface area contributed by atoms with Gasteiger partial charge in [0.15, 0.2) is 0 Å². The van der Waals surface area contributed by atoms with Crippen LogP contribution >= 0.6 is 11.9 Å². The quantitative estimate of drug-likeness (QED) is 0.146. The van der Waals surface area contributed by atoms with E-state index >= 15 is 0 Å². The first-order valence-electron chi connectivity index (χ1n) is 10.1. The molecule has 1 aromatic carbocycles. The second-order valence-corrected chi connectivity index (χ2v) is 7.33. The number of hydrogen-bond donors (Lipinski definition) is 3. The molecule has 0 fully saturated rings. The minimum absolute atomic E-state index is 0.265. The SMILES string of the molecule is CCCCNC(/C=C(\CC)C(=O)O)=C(/CSN)Oc1ccc(F)cc1.CCN(C)C. The minimum Gasteiger partial charge on any atom is -0.478 e. The zero-order chi connectivity index (χ0) is 22.9. The van der Waals surface area contributed by atoms with Gasteiger partial charge in [-0.3, -0.25) is 5.14 Å². The van der Waals surface area contributed by atoms with Gasteiger partial charge in [-0.25, -0.2) is 9.18 Å².